The maximum atomic E-state index is 10.2. The third-order valence-corrected chi connectivity index (χ3v) is 10.0. The molecule has 0 radical (unpaired) electrons. The van der Waals surface area contributed by atoms with Gasteiger partial charge in [0, 0.05) is 0 Å². The number of aliphatic hydroxyl groups is 1. The molecule has 0 bridgehead atoms. The van der Waals surface area contributed by atoms with Crippen LogP contribution in [-0.2, 0) is 0 Å². The van der Waals surface area contributed by atoms with Crippen molar-refractivity contribution in [1.29, 1.82) is 0 Å². The van der Waals surface area contributed by atoms with Crippen LogP contribution in [0.4, 0.5) is 0 Å². The molecule has 0 aromatic heterocycles. The number of hydrogen-bond donors (Lipinski definition) is 1. The van der Waals surface area contributed by atoms with Crippen molar-refractivity contribution in [2.24, 2.45) is 46.3 Å². The van der Waals surface area contributed by atoms with E-state index in [9.17, 15) is 5.11 Å². The average Bonchev–Trinajstić information content (AvgIpc) is 2.99. The highest BCUT2D eigenvalue weighted by atomic mass is 16.3. The summed E-state index contributed by atoms with van der Waals surface area (Å²) in [5.74, 6) is 4.63. The van der Waals surface area contributed by atoms with Crippen LogP contribution in [0.3, 0.4) is 0 Å². The second-order valence-corrected chi connectivity index (χ2v) is 12.4. The van der Waals surface area contributed by atoms with E-state index < -0.39 is 0 Å². The Balaban J connectivity index is 1.55. The maximum absolute atomic E-state index is 10.2. The van der Waals surface area contributed by atoms with Crippen molar-refractivity contribution in [1.82, 2.24) is 0 Å². The number of rotatable bonds is 4. The molecule has 0 saturated heterocycles. The standard InChI is InChI=1S/C28H46O/c1-18(2)15-19(3)16-20(4)24-9-10-25-23-8-7-21-17-22(29)11-13-27(21,5)26(23)12-14-28(24,25)6/h8,16,18,20-22,24-26,29H,7,9-15,17H2,1-6H3/t20-,21+,22+,24-,25+,26+,27+,28-/m1/s1. The molecule has 8 atom stereocenters. The molecule has 4 aliphatic carbocycles. The third kappa shape index (κ3) is 3.68. The van der Waals surface area contributed by atoms with Crippen LogP contribution in [0.25, 0.3) is 0 Å². The van der Waals surface area contributed by atoms with Gasteiger partial charge < -0.3 is 5.11 Å². The minimum absolute atomic E-state index is 0.0468. The molecule has 3 saturated carbocycles. The predicted molar refractivity (Wildman–Crippen MR) is 124 cm³/mol. The summed E-state index contributed by atoms with van der Waals surface area (Å²) in [6, 6.07) is 0. The second kappa shape index (κ2) is 7.85. The van der Waals surface area contributed by atoms with Crippen molar-refractivity contribution in [3.05, 3.63) is 23.3 Å². The van der Waals surface area contributed by atoms with E-state index >= 15 is 0 Å². The van der Waals surface area contributed by atoms with Crippen molar-refractivity contribution >= 4 is 0 Å². The zero-order valence-electron chi connectivity index (χ0n) is 20.0. The van der Waals surface area contributed by atoms with E-state index in [2.05, 4.69) is 53.7 Å². The molecule has 0 unspecified atom stereocenters. The van der Waals surface area contributed by atoms with E-state index in [0.29, 0.717) is 22.7 Å². The van der Waals surface area contributed by atoms with Crippen LogP contribution in [0.5, 0.6) is 0 Å². The first-order valence-corrected chi connectivity index (χ1v) is 12.7. The van der Waals surface area contributed by atoms with Crippen LogP contribution in [0.2, 0.25) is 0 Å². The Bertz CT molecular complexity index is 672. The van der Waals surface area contributed by atoms with E-state index in [-0.39, 0.29) is 6.10 Å². The van der Waals surface area contributed by atoms with Crippen molar-refractivity contribution in [2.45, 2.75) is 105 Å². The van der Waals surface area contributed by atoms with Gasteiger partial charge in [0.15, 0.2) is 0 Å². The molecule has 4 aliphatic rings. The molecule has 4 rings (SSSR count). The fourth-order valence-electron chi connectivity index (χ4n) is 8.67. The Labute approximate surface area is 180 Å². The smallest absolute Gasteiger partial charge is 0.0543 e. The first-order chi connectivity index (χ1) is 13.6. The molecule has 0 aromatic rings. The van der Waals surface area contributed by atoms with E-state index in [1.54, 1.807) is 5.57 Å². The van der Waals surface area contributed by atoms with Gasteiger partial charge in [-0.1, -0.05) is 57.9 Å². The highest BCUT2D eigenvalue weighted by Crippen LogP contribution is 2.66. The van der Waals surface area contributed by atoms with Crippen molar-refractivity contribution in [3.8, 4) is 0 Å². The number of allylic oxidation sites excluding steroid dienone is 4. The Hall–Kier alpha value is -0.560. The lowest BCUT2D eigenvalue weighted by Crippen LogP contribution is -2.49. The molecule has 0 heterocycles. The summed E-state index contributed by atoms with van der Waals surface area (Å²) in [5, 5.41) is 10.2. The molecule has 1 heteroatoms. The molecule has 0 spiro atoms. The van der Waals surface area contributed by atoms with Gasteiger partial charge in [0.25, 0.3) is 0 Å². The Morgan fingerprint density at radius 3 is 2.48 bits per heavy atom. The van der Waals surface area contributed by atoms with Gasteiger partial charge in [0.2, 0.25) is 0 Å². The molecule has 29 heavy (non-hydrogen) atoms. The summed E-state index contributed by atoms with van der Waals surface area (Å²) in [5.41, 5.74) is 4.39. The first-order valence-electron chi connectivity index (χ1n) is 12.7. The van der Waals surface area contributed by atoms with Gasteiger partial charge in [-0.25, -0.2) is 0 Å². The minimum Gasteiger partial charge on any atom is -0.393 e. The normalized spacial score (nSPS) is 46.0. The minimum atomic E-state index is -0.0468. The third-order valence-electron chi connectivity index (χ3n) is 10.0. The average molecular weight is 399 g/mol. The number of fused-ring (bicyclic) bond motifs is 5. The fraction of sp³-hybridized carbons (Fsp3) is 0.857. The largest absolute Gasteiger partial charge is 0.393 e. The molecular formula is C28H46O. The fourth-order valence-corrected chi connectivity index (χ4v) is 8.67. The van der Waals surface area contributed by atoms with Crippen molar-refractivity contribution < 1.29 is 5.11 Å². The Morgan fingerprint density at radius 2 is 1.76 bits per heavy atom. The molecular weight excluding hydrogens is 352 g/mol. The highest BCUT2D eigenvalue weighted by molar-refractivity contribution is 5.28. The zero-order valence-corrected chi connectivity index (χ0v) is 20.0. The lowest BCUT2D eigenvalue weighted by Gasteiger charge is -2.57. The topological polar surface area (TPSA) is 20.2 Å². The van der Waals surface area contributed by atoms with Gasteiger partial charge >= 0.3 is 0 Å². The van der Waals surface area contributed by atoms with Crippen LogP contribution in [-0.4, -0.2) is 11.2 Å². The van der Waals surface area contributed by atoms with E-state index in [1.165, 1.54) is 44.9 Å². The van der Waals surface area contributed by atoms with Crippen LogP contribution in [0.15, 0.2) is 23.3 Å². The SMILES string of the molecule is CC(=C[C@@H](C)[C@H]1CC[C@H]2C3=CC[C@H]4C[C@@H](O)CC[C@]4(C)[C@H]3CC[C@]12C)CC(C)C. The second-order valence-electron chi connectivity index (χ2n) is 12.4. The van der Waals surface area contributed by atoms with Crippen molar-refractivity contribution in [3.63, 3.8) is 0 Å². The predicted octanol–water partition coefficient (Wildman–Crippen LogP) is 7.55. The van der Waals surface area contributed by atoms with Gasteiger partial charge in [-0.15, -0.1) is 0 Å². The molecule has 1 nitrogen and oxygen atoms in total. The van der Waals surface area contributed by atoms with Gasteiger partial charge in [-0.2, -0.15) is 0 Å². The summed E-state index contributed by atoms with van der Waals surface area (Å²) in [6.45, 7) is 14.8. The summed E-state index contributed by atoms with van der Waals surface area (Å²) in [6.07, 6.45) is 16.6. The molecule has 3 fully saturated rings. The first kappa shape index (κ1) is 21.7. The molecule has 164 valence electrons. The molecule has 0 amide bonds. The Kier molecular flexibility index (Phi) is 5.86. The summed E-state index contributed by atoms with van der Waals surface area (Å²) in [4.78, 5) is 0. The lowest BCUT2D eigenvalue weighted by atomic mass is 9.47. The van der Waals surface area contributed by atoms with E-state index in [1.807, 2.05) is 5.57 Å². The summed E-state index contributed by atoms with van der Waals surface area (Å²) >= 11 is 0. The quantitative estimate of drug-likeness (QED) is 0.484. The van der Waals surface area contributed by atoms with E-state index in [4.69, 9.17) is 0 Å². The van der Waals surface area contributed by atoms with Gasteiger partial charge in [-0.05, 0) is 111 Å². The lowest BCUT2D eigenvalue weighted by molar-refractivity contribution is -0.0414. The maximum Gasteiger partial charge on any atom is 0.0543 e. The van der Waals surface area contributed by atoms with Crippen LogP contribution in [0.1, 0.15) is 99.3 Å². The van der Waals surface area contributed by atoms with Crippen LogP contribution >= 0.6 is 0 Å². The van der Waals surface area contributed by atoms with Crippen LogP contribution < -0.4 is 0 Å². The Morgan fingerprint density at radius 1 is 1.07 bits per heavy atom. The molecule has 1 N–H and O–H groups in total. The molecule has 0 aliphatic heterocycles. The molecule has 0 aromatic carbocycles. The zero-order chi connectivity index (χ0) is 21.0. The summed E-state index contributed by atoms with van der Waals surface area (Å²) < 4.78 is 0. The summed E-state index contributed by atoms with van der Waals surface area (Å²) in [7, 11) is 0. The number of aliphatic hydroxyl groups excluding tert-OH is 1. The highest BCUT2D eigenvalue weighted by Gasteiger charge is 2.57. The van der Waals surface area contributed by atoms with Gasteiger partial charge in [0.1, 0.15) is 0 Å². The number of hydrogen-bond acceptors (Lipinski definition) is 1. The van der Waals surface area contributed by atoms with E-state index in [0.717, 1.165) is 36.5 Å². The monoisotopic (exact) mass is 398 g/mol. The van der Waals surface area contributed by atoms with Gasteiger partial charge in [-0.3, -0.25) is 0 Å². The van der Waals surface area contributed by atoms with Crippen LogP contribution in [0, 0.1) is 46.3 Å². The van der Waals surface area contributed by atoms with Gasteiger partial charge in [0.05, 0.1) is 6.10 Å². The van der Waals surface area contributed by atoms with Crippen molar-refractivity contribution in [2.75, 3.05) is 0 Å².